The van der Waals surface area contributed by atoms with Gasteiger partial charge >= 0.3 is 0 Å². The molecule has 0 bridgehead atoms. The summed E-state index contributed by atoms with van der Waals surface area (Å²) >= 11 is 0. The van der Waals surface area contributed by atoms with E-state index in [1.165, 1.54) is 23.5 Å². The van der Waals surface area contributed by atoms with Crippen LogP contribution in [0.2, 0.25) is 0 Å². The average Bonchev–Trinajstić information content (AvgIpc) is 3.34. The average molecular weight is 487 g/mol. The van der Waals surface area contributed by atoms with E-state index < -0.39 is 0 Å². The van der Waals surface area contributed by atoms with Gasteiger partial charge in [0.25, 0.3) is 11.8 Å². The van der Waals surface area contributed by atoms with Crippen molar-refractivity contribution in [2.45, 2.75) is 52.4 Å². The van der Waals surface area contributed by atoms with Crippen molar-refractivity contribution in [3.63, 3.8) is 0 Å². The number of hydrazine groups is 1. The number of nitrogens with one attached hydrogen (secondary N) is 2. The Hall–Kier alpha value is -4.10. The van der Waals surface area contributed by atoms with Gasteiger partial charge in [0.1, 0.15) is 0 Å². The van der Waals surface area contributed by atoms with Gasteiger partial charge in [-0.25, -0.2) is 9.69 Å². The van der Waals surface area contributed by atoms with E-state index in [9.17, 15) is 14.9 Å². The molecule has 0 radical (unpaired) electrons. The minimum Gasteiger partial charge on any atom is -0.322 e. The van der Waals surface area contributed by atoms with Gasteiger partial charge in [-0.2, -0.15) is 5.26 Å². The molecule has 1 aromatic carbocycles. The molecule has 1 saturated heterocycles. The minimum atomic E-state index is -0.373. The first-order valence-electron chi connectivity index (χ1n) is 12.0. The van der Waals surface area contributed by atoms with Crippen molar-refractivity contribution in [2.75, 3.05) is 18.4 Å². The fourth-order valence-electron chi connectivity index (χ4n) is 3.97. The molecule has 3 aromatic rings. The van der Waals surface area contributed by atoms with Gasteiger partial charge in [0.15, 0.2) is 5.69 Å². The zero-order valence-electron chi connectivity index (χ0n) is 21.0. The third-order valence-corrected chi connectivity index (χ3v) is 6.10. The van der Waals surface area contributed by atoms with Crippen LogP contribution < -0.4 is 10.7 Å². The molecular weight excluding hydrogens is 456 g/mol. The van der Waals surface area contributed by atoms with Crippen LogP contribution in [0.5, 0.6) is 0 Å². The van der Waals surface area contributed by atoms with Gasteiger partial charge in [0.2, 0.25) is 0 Å². The maximum absolute atomic E-state index is 13.1. The highest BCUT2D eigenvalue weighted by atomic mass is 16.2. The number of hydrogen-bond acceptors (Lipinski definition) is 7. The van der Waals surface area contributed by atoms with Crippen molar-refractivity contribution in [1.82, 2.24) is 30.4 Å². The molecule has 1 aliphatic rings. The summed E-state index contributed by atoms with van der Waals surface area (Å²) in [4.78, 5) is 30.0. The standard InChI is InChI=1S/C26H30N8O2/c1-17-23(34-16-22(30-32-34)25(36)31-33-8-6-5-7-9-33)12-19(15-28-17)24(35)29-21-11-18(14-27)10-20(13-21)26(2,3)4/h10-13,15-16H,5-9H2,1-4H3,(H,29,35)(H,31,36). The van der Waals surface area contributed by atoms with E-state index in [1.54, 1.807) is 19.1 Å². The van der Waals surface area contributed by atoms with Crippen LogP contribution >= 0.6 is 0 Å². The van der Waals surface area contributed by atoms with E-state index in [4.69, 9.17) is 0 Å². The first kappa shape index (κ1) is 25.0. The lowest BCUT2D eigenvalue weighted by Gasteiger charge is -2.26. The maximum atomic E-state index is 13.1. The van der Waals surface area contributed by atoms with Gasteiger partial charge in [0, 0.05) is 25.0 Å². The Labute approximate surface area is 210 Å². The molecule has 2 N–H and O–H groups in total. The van der Waals surface area contributed by atoms with Gasteiger partial charge in [-0.15, -0.1) is 5.10 Å². The number of piperidine rings is 1. The SMILES string of the molecule is Cc1ncc(C(=O)Nc2cc(C#N)cc(C(C)(C)C)c2)cc1-n1cc(C(=O)NN2CCCCC2)nn1. The fourth-order valence-corrected chi connectivity index (χ4v) is 3.97. The monoisotopic (exact) mass is 486 g/mol. The molecule has 0 atom stereocenters. The molecule has 4 rings (SSSR count). The highest BCUT2D eigenvalue weighted by molar-refractivity contribution is 6.04. The molecule has 0 unspecified atom stereocenters. The summed E-state index contributed by atoms with van der Waals surface area (Å²) in [6.45, 7) is 9.56. The number of nitrogens with zero attached hydrogens (tertiary/aromatic N) is 6. The molecule has 36 heavy (non-hydrogen) atoms. The highest BCUT2D eigenvalue weighted by Crippen LogP contribution is 2.27. The van der Waals surface area contributed by atoms with Crippen molar-refractivity contribution >= 4 is 17.5 Å². The van der Waals surface area contributed by atoms with Crippen molar-refractivity contribution in [3.8, 4) is 11.8 Å². The minimum absolute atomic E-state index is 0.179. The Kier molecular flexibility index (Phi) is 7.12. The molecule has 0 aliphatic carbocycles. The normalized spacial score (nSPS) is 14.2. The first-order chi connectivity index (χ1) is 17.1. The zero-order chi connectivity index (χ0) is 25.9. The molecule has 186 valence electrons. The van der Waals surface area contributed by atoms with Crippen LogP contribution in [0.25, 0.3) is 5.69 Å². The summed E-state index contributed by atoms with van der Waals surface area (Å²) in [6.07, 6.45) is 6.27. The number of carbonyl (C=O) groups is 2. The largest absolute Gasteiger partial charge is 0.322 e. The topological polar surface area (TPSA) is 129 Å². The van der Waals surface area contributed by atoms with E-state index >= 15 is 0 Å². The number of pyridine rings is 1. The fraction of sp³-hybridized carbons (Fsp3) is 0.385. The molecule has 2 aromatic heterocycles. The Morgan fingerprint density at radius 2 is 1.81 bits per heavy atom. The molecule has 10 nitrogen and oxygen atoms in total. The van der Waals surface area contributed by atoms with Gasteiger partial charge in [0.05, 0.1) is 34.8 Å². The van der Waals surface area contributed by atoms with Crippen molar-refractivity contribution in [1.29, 1.82) is 5.26 Å². The molecule has 3 heterocycles. The van der Waals surface area contributed by atoms with Crippen LogP contribution in [-0.4, -0.2) is 49.9 Å². The van der Waals surface area contributed by atoms with Crippen molar-refractivity contribution in [2.24, 2.45) is 0 Å². The third kappa shape index (κ3) is 5.75. The lowest BCUT2D eigenvalue weighted by atomic mass is 9.86. The number of nitriles is 1. The molecular formula is C26H30N8O2. The predicted molar refractivity (Wildman–Crippen MR) is 135 cm³/mol. The van der Waals surface area contributed by atoms with Crippen LogP contribution in [0.15, 0.2) is 36.7 Å². The Balaban J connectivity index is 1.54. The van der Waals surface area contributed by atoms with Crippen LogP contribution in [0.4, 0.5) is 5.69 Å². The summed E-state index contributed by atoms with van der Waals surface area (Å²) < 4.78 is 1.44. The summed E-state index contributed by atoms with van der Waals surface area (Å²) in [6, 6.07) is 9.13. The number of anilines is 1. The number of hydrogen-bond donors (Lipinski definition) is 2. The van der Waals surface area contributed by atoms with Gasteiger partial charge in [-0.1, -0.05) is 32.4 Å². The molecule has 2 amide bonds. The molecule has 0 spiro atoms. The third-order valence-electron chi connectivity index (χ3n) is 6.10. The quantitative estimate of drug-likeness (QED) is 0.564. The Bertz CT molecular complexity index is 1330. The van der Waals surface area contributed by atoms with Crippen LogP contribution in [0.3, 0.4) is 0 Å². The van der Waals surface area contributed by atoms with Gasteiger partial charge in [-0.3, -0.25) is 20.0 Å². The first-order valence-corrected chi connectivity index (χ1v) is 12.0. The highest BCUT2D eigenvalue weighted by Gasteiger charge is 2.19. The molecule has 1 fully saturated rings. The second kappa shape index (κ2) is 10.3. The zero-order valence-corrected chi connectivity index (χ0v) is 21.0. The summed E-state index contributed by atoms with van der Waals surface area (Å²) in [5, 5.41) is 22.3. The van der Waals surface area contributed by atoms with E-state index in [0.29, 0.717) is 28.2 Å². The summed E-state index contributed by atoms with van der Waals surface area (Å²) in [5.41, 5.74) is 6.28. The van der Waals surface area contributed by atoms with E-state index in [1.807, 2.05) is 37.9 Å². The molecule has 1 aliphatic heterocycles. The number of rotatable bonds is 5. The van der Waals surface area contributed by atoms with E-state index in [-0.39, 0.29) is 22.9 Å². The second-order valence-corrected chi connectivity index (χ2v) is 9.98. The van der Waals surface area contributed by atoms with Gasteiger partial charge in [-0.05, 0) is 55.0 Å². The smallest absolute Gasteiger partial charge is 0.287 e. The maximum Gasteiger partial charge on any atom is 0.287 e. The molecule has 0 saturated carbocycles. The molecule has 10 heteroatoms. The lowest BCUT2D eigenvalue weighted by molar-refractivity contribution is 0.0744. The van der Waals surface area contributed by atoms with E-state index in [2.05, 4.69) is 32.1 Å². The Morgan fingerprint density at radius 1 is 1.06 bits per heavy atom. The number of amides is 2. The number of aryl methyl sites for hydroxylation is 1. The summed E-state index contributed by atoms with van der Waals surface area (Å²) in [5.74, 6) is -0.698. The predicted octanol–water partition coefficient (Wildman–Crippen LogP) is 3.52. The second-order valence-electron chi connectivity index (χ2n) is 9.98. The van der Waals surface area contributed by atoms with Crippen molar-refractivity contribution < 1.29 is 9.59 Å². The number of benzene rings is 1. The lowest BCUT2D eigenvalue weighted by Crippen LogP contribution is -2.45. The van der Waals surface area contributed by atoms with Crippen LogP contribution in [0, 0.1) is 18.3 Å². The van der Waals surface area contributed by atoms with E-state index in [0.717, 1.165) is 31.5 Å². The van der Waals surface area contributed by atoms with Gasteiger partial charge < -0.3 is 5.32 Å². The number of carbonyl (C=O) groups excluding carboxylic acids is 2. The number of aromatic nitrogens is 4. The van der Waals surface area contributed by atoms with Crippen LogP contribution in [-0.2, 0) is 5.41 Å². The van der Waals surface area contributed by atoms with Crippen LogP contribution in [0.1, 0.15) is 77.7 Å². The summed E-state index contributed by atoms with van der Waals surface area (Å²) in [7, 11) is 0. The Morgan fingerprint density at radius 3 is 2.50 bits per heavy atom. The van der Waals surface area contributed by atoms with Crippen molar-refractivity contribution in [3.05, 3.63) is 64.7 Å².